The number of piperidine rings is 1. The Balaban J connectivity index is 1.83. The Morgan fingerprint density at radius 1 is 1.46 bits per heavy atom. The van der Waals surface area contributed by atoms with E-state index in [1.165, 1.54) is 0 Å². The lowest BCUT2D eigenvalue weighted by Crippen LogP contribution is -2.40. The van der Waals surface area contributed by atoms with Crippen LogP contribution >= 0.6 is 15.9 Å². The van der Waals surface area contributed by atoms with Crippen molar-refractivity contribution in [1.82, 2.24) is 25.1 Å². The Morgan fingerprint density at radius 2 is 2.25 bits per heavy atom. The van der Waals surface area contributed by atoms with E-state index in [1.54, 1.807) is 6.20 Å². The maximum atomic E-state index is 13.0. The van der Waals surface area contributed by atoms with Gasteiger partial charge < -0.3 is 9.80 Å². The van der Waals surface area contributed by atoms with Crippen LogP contribution in [0.25, 0.3) is 0 Å². The summed E-state index contributed by atoms with van der Waals surface area (Å²) < 4.78 is 0.801. The van der Waals surface area contributed by atoms with Crippen LogP contribution in [0.1, 0.15) is 40.8 Å². The summed E-state index contributed by atoms with van der Waals surface area (Å²) >= 11 is 3.41. The fraction of sp³-hybridized carbons (Fsp3) is 0.500. The van der Waals surface area contributed by atoms with Gasteiger partial charge in [0.15, 0.2) is 5.82 Å². The van der Waals surface area contributed by atoms with Crippen LogP contribution in [0.5, 0.6) is 0 Å². The van der Waals surface area contributed by atoms with E-state index in [0.29, 0.717) is 17.9 Å². The number of nitrogens with one attached hydrogen (secondary N) is 1. The summed E-state index contributed by atoms with van der Waals surface area (Å²) in [5, 5.41) is 7.15. The standard InChI is InChI=1S/C16H21BrN6O/c1-10-19-14(21-20-10)11-5-4-6-23(9-11)16(24)13-7-12(17)8-18-15(13)22(2)3/h7-8,11H,4-6,9H2,1-3H3,(H,19,20,21)/t11-/m1/s1. The Labute approximate surface area is 149 Å². The van der Waals surface area contributed by atoms with Crippen molar-refractivity contribution in [2.75, 3.05) is 32.1 Å². The third-order valence-electron chi connectivity index (χ3n) is 4.18. The van der Waals surface area contributed by atoms with Crippen molar-refractivity contribution in [3.8, 4) is 0 Å². The van der Waals surface area contributed by atoms with Gasteiger partial charge in [-0.1, -0.05) is 0 Å². The highest BCUT2D eigenvalue weighted by Crippen LogP contribution is 2.28. The topological polar surface area (TPSA) is 78.0 Å². The first-order valence-corrected chi connectivity index (χ1v) is 8.76. The molecule has 2 aromatic heterocycles. The van der Waals surface area contributed by atoms with Crippen molar-refractivity contribution in [2.24, 2.45) is 0 Å². The number of carbonyl (C=O) groups is 1. The van der Waals surface area contributed by atoms with E-state index in [0.717, 1.165) is 35.5 Å². The predicted octanol–water partition coefficient (Wildman–Crippen LogP) is 2.36. The molecule has 0 spiro atoms. The zero-order chi connectivity index (χ0) is 17.3. The van der Waals surface area contributed by atoms with Gasteiger partial charge in [0.1, 0.15) is 11.6 Å². The summed E-state index contributed by atoms with van der Waals surface area (Å²) in [7, 11) is 3.78. The number of H-pyrrole nitrogens is 1. The maximum Gasteiger partial charge on any atom is 0.257 e. The summed E-state index contributed by atoms with van der Waals surface area (Å²) in [6.07, 6.45) is 3.66. The van der Waals surface area contributed by atoms with Gasteiger partial charge in [-0.3, -0.25) is 9.89 Å². The van der Waals surface area contributed by atoms with Gasteiger partial charge in [0.2, 0.25) is 0 Å². The van der Waals surface area contributed by atoms with Crippen LogP contribution in [-0.2, 0) is 0 Å². The van der Waals surface area contributed by atoms with Crippen LogP contribution in [0.3, 0.4) is 0 Å². The number of rotatable bonds is 3. The smallest absolute Gasteiger partial charge is 0.257 e. The second-order valence-corrected chi connectivity index (χ2v) is 7.20. The number of amides is 1. The molecular formula is C16H21BrN6O. The number of pyridine rings is 1. The van der Waals surface area contributed by atoms with E-state index in [9.17, 15) is 4.79 Å². The molecule has 3 rings (SSSR count). The van der Waals surface area contributed by atoms with E-state index in [4.69, 9.17) is 0 Å². The molecule has 1 atom stereocenters. The number of hydrogen-bond acceptors (Lipinski definition) is 5. The average molecular weight is 393 g/mol. The molecule has 1 N–H and O–H groups in total. The molecule has 8 heteroatoms. The van der Waals surface area contributed by atoms with Crippen LogP contribution in [0.4, 0.5) is 5.82 Å². The normalized spacial score (nSPS) is 17.8. The van der Waals surface area contributed by atoms with Crippen LogP contribution in [-0.4, -0.2) is 58.2 Å². The molecule has 3 heterocycles. The Morgan fingerprint density at radius 3 is 2.92 bits per heavy atom. The van der Waals surface area contributed by atoms with Crippen molar-refractivity contribution in [2.45, 2.75) is 25.7 Å². The van der Waals surface area contributed by atoms with Gasteiger partial charge in [0.25, 0.3) is 5.91 Å². The SMILES string of the molecule is Cc1nc([C@@H]2CCCN(C(=O)c3cc(Br)cnc3N(C)C)C2)n[nH]1. The molecule has 0 aliphatic carbocycles. The lowest BCUT2D eigenvalue weighted by atomic mass is 9.96. The van der Waals surface area contributed by atoms with Gasteiger partial charge in [-0.05, 0) is 41.8 Å². The van der Waals surface area contributed by atoms with Gasteiger partial charge >= 0.3 is 0 Å². The molecule has 1 aliphatic heterocycles. The Bertz CT molecular complexity index is 744. The van der Waals surface area contributed by atoms with Crippen LogP contribution < -0.4 is 4.90 Å². The van der Waals surface area contributed by atoms with E-state index >= 15 is 0 Å². The van der Waals surface area contributed by atoms with Crippen molar-refractivity contribution in [3.05, 3.63) is 33.9 Å². The number of carbonyl (C=O) groups excluding carboxylic acids is 1. The minimum absolute atomic E-state index is 0.00413. The second kappa shape index (κ2) is 6.88. The van der Waals surface area contributed by atoms with E-state index in [-0.39, 0.29) is 11.8 Å². The largest absolute Gasteiger partial charge is 0.362 e. The van der Waals surface area contributed by atoms with Crippen LogP contribution in [0, 0.1) is 6.92 Å². The molecule has 1 aliphatic rings. The number of aromatic nitrogens is 4. The first-order chi connectivity index (χ1) is 11.5. The lowest BCUT2D eigenvalue weighted by molar-refractivity contribution is 0.0705. The molecule has 0 radical (unpaired) electrons. The number of likely N-dealkylation sites (tertiary alicyclic amines) is 1. The number of nitrogens with zero attached hydrogens (tertiary/aromatic N) is 5. The van der Waals surface area contributed by atoms with Gasteiger partial charge in [-0.25, -0.2) is 9.97 Å². The summed E-state index contributed by atoms with van der Waals surface area (Å²) in [6, 6.07) is 1.84. The molecule has 7 nitrogen and oxygen atoms in total. The minimum atomic E-state index is 0.00413. The van der Waals surface area contributed by atoms with Crippen LogP contribution in [0.15, 0.2) is 16.7 Å². The summed E-state index contributed by atoms with van der Waals surface area (Å²) in [5.74, 6) is 2.46. The minimum Gasteiger partial charge on any atom is -0.362 e. The molecule has 1 amide bonds. The number of aromatic amines is 1. The quantitative estimate of drug-likeness (QED) is 0.866. The van der Waals surface area contributed by atoms with E-state index in [1.807, 2.05) is 36.9 Å². The first-order valence-electron chi connectivity index (χ1n) is 7.96. The number of halogens is 1. The molecule has 0 bridgehead atoms. The third kappa shape index (κ3) is 3.43. The zero-order valence-electron chi connectivity index (χ0n) is 14.1. The molecule has 1 saturated heterocycles. The van der Waals surface area contributed by atoms with Gasteiger partial charge in [0, 0.05) is 43.8 Å². The highest BCUT2D eigenvalue weighted by atomic mass is 79.9. The first kappa shape index (κ1) is 16.9. The van der Waals surface area contributed by atoms with Crippen molar-refractivity contribution in [3.63, 3.8) is 0 Å². The van der Waals surface area contributed by atoms with Gasteiger partial charge in [-0.2, -0.15) is 5.10 Å². The second-order valence-electron chi connectivity index (χ2n) is 6.29. The number of hydrogen-bond donors (Lipinski definition) is 1. The molecule has 24 heavy (non-hydrogen) atoms. The molecule has 1 fully saturated rings. The predicted molar refractivity (Wildman–Crippen MR) is 95.3 cm³/mol. The zero-order valence-corrected chi connectivity index (χ0v) is 15.7. The average Bonchev–Trinajstić information content (AvgIpc) is 3.00. The van der Waals surface area contributed by atoms with E-state index < -0.39 is 0 Å². The molecule has 0 aromatic carbocycles. The monoisotopic (exact) mass is 392 g/mol. The highest BCUT2D eigenvalue weighted by Gasteiger charge is 2.29. The van der Waals surface area contributed by atoms with Crippen LogP contribution in [0.2, 0.25) is 0 Å². The lowest BCUT2D eigenvalue weighted by Gasteiger charge is -2.32. The summed E-state index contributed by atoms with van der Waals surface area (Å²) in [5.41, 5.74) is 0.612. The third-order valence-corrected chi connectivity index (χ3v) is 4.61. The van der Waals surface area contributed by atoms with Gasteiger partial charge in [0.05, 0.1) is 5.56 Å². The van der Waals surface area contributed by atoms with Crippen molar-refractivity contribution in [1.29, 1.82) is 0 Å². The summed E-state index contributed by atoms with van der Waals surface area (Å²) in [6.45, 7) is 3.27. The Kier molecular flexibility index (Phi) is 4.84. The van der Waals surface area contributed by atoms with Crippen molar-refractivity contribution < 1.29 is 4.79 Å². The summed E-state index contributed by atoms with van der Waals surface area (Å²) in [4.78, 5) is 25.6. The molecule has 0 saturated carbocycles. The number of aryl methyl sites for hydroxylation is 1. The number of anilines is 1. The fourth-order valence-electron chi connectivity index (χ4n) is 3.03. The molecule has 0 unspecified atom stereocenters. The highest BCUT2D eigenvalue weighted by molar-refractivity contribution is 9.10. The Hall–Kier alpha value is -1.96. The van der Waals surface area contributed by atoms with Gasteiger partial charge in [-0.15, -0.1) is 0 Å². The molecule has 128 valence electrons. The maximum absolute atomic E-state index is 13.0. The fourth-order valence-corrected chi connectivity index (χ4v) is 3.36. The van der Waals surface area contributed by atoms with E-state index in [2.05, 4.69) is 36.1 Å². The van der Waals surface area contributed by atoms with Crippen molar-refractivity contribution >= 4 is 27.7 Å². The molecular weight excluding hydrogens is 372 g/mol. The molecule has 2 aromatic rings.